The molecule has 7 nitrogen and oxygen atoms in total. The zero-order valence-electron chi connectivity index (χ0n) is 28.9. The fraction of sp³-hybridized carbons (Fsp3) is 0.500. The van der Waals surface area contributed by atoms with Gasteiger partial charge < -0.3 is 10.2 Å². The topological polar surface area (TPSA) is 86.8 Å². The molecule has 1 N–H and O–H groups in total. The Morgan fingerprint density at radius 3 is 2.02 bits per heavy atom. The number of amides is 2. The highest BCUT2D eigenvalue weighted by Crippen LogP contribution is 2.60. The summed E-state index contributed by atoms with van der Waals surface area (Å²) < 4.78 is 27.9. The summed E-state index contributed by atoms with van der Waals surface area (Å²) in [6.45, 7) is 5.72. The zero-order chi connectivity index (χ0) is 34.1. The number of nitrogens with one attached hydrogen (secondary N) is 1. The molecule has 0 saturated heterocycles. The number of sulfonamides is 1. The predicted molar refractivity (Wildman–Crippen MR) is 192 cm³/mol. The van der Waals surface area contributed by atoms with Crippen LogP contribution in [0.1, 0.15) is 81.0 Å². The molecule has 4 fully saturated rings. The molecule has 2 atom stereocenters. The van der Waals surface area contributed by atoms with Crippen molar-refractivity contribution in [2.45, 2.75) is 96.2 Å². The average molecular weight is 670 g/mol. The lowest BCUT2D eigenvalue weighted by atomic mass is 9.48. The van der Waals surface area contributed by atoms with Gasteiger partial charge >= 0.3 is 0 Å². The van der Waals surface area contributed by atoms with Gasteiger partial charge in [0.05, 0.1) is 11.9 Å². The van der Waals surface area contributed by atoms with Crippen LogP contribution in [0.2, 0.25) is 0 Å². The summed E-state index contributed by atoms with van der Waals surface area (Å²) in [6.07, 6.45) is 9.96. The maximum Gasteiger partial charge on any atom is 0.244 e. The Balaban J connectivity index is 1.31. The molecule has 3 aromatic carbocycles. The summed E-state index contributed by atoms with van der Waals surface area (Å²) in [5.41, 5.74) is 4.79. The molecule has 0 heterocycles. The Morgan fingerprint density at radius 1 is 0.875 bits per heavy atom. The molecule has 2 amide bonds. The Kier molecular flexibility index (Phi) is 10.0. The van der Waals surface area contributed by atoms with Gasteiger partial charge in [0.25, 0.3) is 0 Å². The molecule has 4 bridgehead atoms. The molecule has 7 rings (SSSR count). The maximum absolute atomic E-state index is 14.5. The van der Waals surface area contributed by atoms with E-state index in [2.05, 4.69) is 17.4 Å². The molecule has 48 heavy (non-hydrogen) atoms. The van der Waals surface area contributed by atoms with Gasteiger partial charge in [-0.05, 0) is 116 Å². The average Bonchev–Trinajstić information content (AvgIpc) is 3.05. The Bertz CT molecular complexity index is 1670. The number of hydrogen-bond donors (Lipinski definition) is 1. The predicted octanol–water partition coefficient (Wildman–Crippen LogP) is 6.78. The van der Waals surface area contributed by atoms with Gasteiger partial charge in [-0.1, -0.05) is 73.7 Å². The van der Waals surface area contributed by atoms with Crippen LogP contribution in [0.5, 0.6) is 0 Å². The lowest BCUT2D eigenvalue weighted by Crippen LogP contribution is -2.54. The highest BCUT2D eigenvalue weighted by molar-refractivity contribution is 7.92. The SMILES string of the molecule is CC[C@H](C)NC(=O)[C@@H](Cc1ccccc1)N(Cc1ccccc1C)C(=O)CN(c1ccc(C23CC4CC(CC(C4)C2)C3)cc1)S(C)(=O)=O. The van der Waals surface area contributed by atoms with Crippen molar-refractivity contribution in [3.8, 4) is 0 Å². The number of carbonyl (C=O) groups excluding carboxylic acids is 2. The van der Waals surface area contributed by atoms with Crippen LogP contribution in [0.15, 0.2) is 78.9 Å². The van der Waals surface area contributed by atoms with Crippen molar-refractivity contribution < 1.29 is 18.0 Å². The van der Waals surface area contributed by atoms with Crippen LogP contribution < -0.4 is 9.62 Å². The van der Waals surface area contributed by atoms with Crippen molar-refractivity contribution in [3.63, 3.8) is 0 Å². The first-order chi connectivity index (χ1) is 22.9. The monoisotopic (exact) mass is 669 g/mol. The molecular weight excluding hydrogens is 619 g/mol. The number of carbonyl (C=O) groups is 2. The smallest absolute Gasteiger partial charge is 0.244 e. The van der Waals surface area contributed by atoms with Gasteiger partial charge in [-0.15, -0.1) is 0 Å². The van der Waals surface area contributed by atoms with Crippen LogP contribution in [-0.2, 0) is 38.0 Å². The van der Waals surface area contributed by atoms with E-state index in [0.29, 0.717) is 12.1 Å². The van der Waals surface area contributed by atoms with Crippen LogP contribution in [0.3, 0.4) is 0 Å². The van der Waals surface area contributed by atoms with Crippen LogP contribution in [0.4, 0.5) is 5.69 Å². The first-order valence-electron chi connectivity index (χ1n) is 17.7. The van der Waals surface area contributed by atoms with E-state index in [1.807, 2.05) is 87.5 Å². The summed E-state index contributed by atoms with van der Waals surface area (Å²) in [6, 6.07) is 24.5. The van der Waals surface area contributed by atoms with Crippen molar-refractivity contribution in [2.24, 2.45) is 17.8 Å². The van der Waals surface area contributed by atoms with E-state index in [1.165, 1.54) is 48.4 Å². The molecule has 0 radical (unpaired) electrons. The minimum atomic E-state index is -3.83. The second-order valence-corrected chi connectivity index (χ2v) is 16.9. The molecule has 256 valence electrons. The molecule has 4 aliphatic carbocycles. The van der Waals surface area contributed by atoms with Crippen LogP contribution >= 0.6 is 0 Å². The molecule has 0 spiro atoms. The quantitative estimate of drug-likeness (QED) is 0.217. The van der Waals surface area contributed by atoms with Crippen LogP contribution in [0, 0.1) is 24.7 Å². The third kappa shape index (κ3) is 7.49. The number of rotatable bonds is 13. The molecule has 4 saturated carbocycles. The molecule has 0 aliphatic heterocycles. The van der Waals surface area contributed by atoms with Gasteiger partial charge in [-0.25, -0.2) is 8.42 Å². The van der Waals surface area contributed by atoms with E-state index in [4.69, 9.17) is 0 Å². The second kappa shape index (κ2) is 14.1. The summed E-state index contributed by atoms with van der Waals surface area (Å²) >= 11 is 0. The minimum Gasteiger partial charge on any atom is -0.352 e. The number of benzene rings is 3. The molecule has 4 aliphatic rings. The van der Waals surface area contributed by atoms with Crippen molar-refractivity contribution in [2.75, 3.05) is 17.1 Å². The Morgan fingerprint density at radius 2 is 1.46 bits per heavy atom. The fourth-order valence-electron chi connectivity index (χ4n) is 9.03. The number of hydrogen-bond acceptors (Lipinski definition) is 4. The first-order valence-corrected chi connectivity index (χ1v) is 19.6. The first kappa shape index (κ1) is 34.2. The van der Waals surface area contributed by atoms with Gasteiger partial charge in [-0.2, -0.15) is 0 Å². The van der Waals surface area contributed by atoms with Gasteiger partial charge in [0, 0.05) is 19.0 Å². The number of nitrogens with zero attached hydrogens (tertiary/aromatic N) is 2. The summed E-state index contributed by atoms with van der Waals surface area (Å²) in [5.74, 6) is 1.75. The van der Waals surface area contributed by atoms with Gasteiger partial charge in [-0.3, -0.25) is 13.9 Å². The second-order valence-electron chi connectivity index (χ2n) is 15.0. The maximum atomic E-state index is 14.5. The third-order valence-electron chi connectivity index (χ3n) is 11.4. The summed E-state index contributed by atoms with van der Waals surface area (Å²) in [5, 5.41) is 3.10. The molecule has 0 aromatic heterocycles. The lowest BCUT2D eigenvalue weighted by Gasteiger charge is -2.57. The molecular formula is C40H51N3O4S. The van der Waals surface area contributed by atoms with Gasteiger partial charge in [0.1, 0.15) is 12.6 Å². The van der Waals surface area contributed by atoms with Crippen molar-refractivity contribution in [1.82, 2.24) is 10.2 Å². The van der Waals surface area contributed by atoms with E-state index < -0.39 is 28.5 Å². The highest BCUT2D eigenvalue weighted by atomic mass is 32.2. The van der Waals surface area contributed by atoms with Crippen molar-refractivity contribution >= 4 is 27.5 Å². The van der Waals surface area contributed by atoms with Crippen LogP contribution in [-0.4, -0.2) is 50.0 Å². The third-order valence-corrected chi connectivity index (χ3v) is 12.5. The number of aryl methyl sites for hydroxylation is 1. The van der Waals surface area contributed by atoms with Gasteiger partial charge in [0.15, 0.2) is 0 Å². The van der Waals surface area contributed by atoms with E-state index in [1.54, 1.807) is 4.90 Å². The Hall–Kier alpha value is -3.65. The normalized spacial score (nSPS) is 24.1. The summed E-state index contributed by atoms with van der Waals surface area (Å²) in [4.78, 5) is 30.0. The zero-order valence-corrected chi connectivity index (χ0v) is 29.7. The fourth-order valence-corrected chi connectivity index (χ4v) is 9.87. The molecule has 0 unspecified atom stereocenters. The van der Waals surface area contributed by atoms with E-state index in [9.17, 15) is 18.0 Å². The Labute approximate surface area is 287 Å². The van der Waals surface area contributed by atoms with Gasteiger partial charge in [0.2, 0.25) is 21.8 Å². The van der Waals surface area contributed by atoms with E-state index in [0.717, 1.165) is 47.1 Å². The largest absolute Gasteiger partial charge is 0.352 e. The molecule has 3 aromatic rings. The number of anilines is 1. The minimum absolute atomic E-state index is 0.0776. The standard InChI is InChI=1S/C40H51N3O4S/c1-5-29(3)41-39(45)37(22-30-12-7-6-8-13-30)42(26-34-14-10-9-11-28(34)2)38(44)27-43(48(4,46)47)36-17-15-35(16-18-36)40-23-31-19-32(24-40)21-33(20-31)25-40/h6-18,29,31-33,37H,5,19-27H2,1-4H3,(H,41,45)/t29-,31?,32?,33?,37+,40?/m0/s1. The lowest BCUT2D eigenvalue weighted by molar-refractivity contribution is -0.140. The van der Waals surface area contributed by atoms with Crippen molar-refractivity contribution in [3.05, 3.63) is 101 Å². The van der Waals surface area contributed by atoms with Crippen molar-refractivity contribution in [1.29, 1.82) is 0 Å². The summed E-state index contributed by atoms with van der Waals surface area (Å²) in [7, 11) is -3.83. The van der Waals surface area contributed by atoms with E-state index >= 15 is 0 Å². The van der Waals surface area contributed by atoms with E-state index in [-0.39, 0.29) is 23.9 Å². The highest BCUT2D eigenvalue weighted by Gasteiger charge is 2.51. The van der Waals surface area contributed by atoms with Crippen LogP contribution in [0.25, 0.3) is 0 Å². The molecule has 8 heteroatoms.